The Bertz CT molecular complexity index is 534. The van der Waals surface area contributed by atoms with Crippen LogP contribution >= 0.6 is 11.6 Å². The summed E-state index contributed by atoms with van der Waals surface area (Å²) in [6.07, 6.45) is 0. The molecule has 0 aliphatic heterocycles. The van der Waals surface area contributed by atoms with Crippen molar-refractivity contribution in [1.29, 1.82) is 0 Å². The maximum absolute atomic E-state index is 13.8. The highest BCUT2D eigenvalue weighted by atomic mass is 35.5. The standard InChI is InChI=1S/C12H13ClF6N2/c1-6-20-7(9(2,3)4)5-8(21-6)10(14,15)11(16,17)12(13,18)19/h5H,1-4H3. The summed E-state index contributed by atoms with van der Waals surface area (Å²) in [4.78, 5) is 7.02. The molecule has 0 aliphatic rings. The van der Waals surface area contributed by atoms with Crippen LogP contribution in [0.3, 0.4) is 0 Å². The van der Waals surface area contributed by atoms with E-state index in [0.717, 1.165) is 0 Å². The largest absolute Gasteiger partial charge is 0.392 e. The first-order valence-corrected chi connectivity index (χ1v) is 6.17. The highest BCUT2D eigenvalue weighted by molar-refractivity contribution is 6.22. The Morgan fingerprint density at radius 2 is 1.33 bits per heavy atom. The topological polar surface area (TPSA) is 25.8 Å². The molecule has 9 heteroatoms. The van der Waals surface area contributed by atoms with Crippen LogP contribution in [-0.4, -0.2) is 21.3 Å². The van der Waals surface area contributed by atoms with Crippen LogP contribution in [0.2, 0.25) is 0 Å². The van der Waals surface area contributed by atoms with Crippen molar-refractivity contribution < 1.29 is 26.3 Å². The molecule has 0 saturated carbocycles. The van der Waals surface area contributed by atoms with Crippen LogP contribution in [-0.2, 0) is 11.3 Å². The Labute approximate surface area is 122 Å². The van der Waals surface area contributed by atoms with Crippen LogP contribution in [0.1, 0.15) is 38.0 Å². The van der Waals surface area contributed by atoms with E-state index in [1.54, 1.807) is 20.8 Å². The quantitative estimate of drug-likeness (QED) is 0.594. The Balaban J connectivity index is 3.49. The van der Waals surface area contributed by atoms with Crippen molar-refractivity contribution in [1.82, 2.24) is 9.97 Å². The van der Waals surface area contributed by atoms with Crippen molar-refractivity contribution in [3.8, 4) is 0 Å². The summed E-state index contributed by atoms with van der Waals surface area (Å²) in [6, 6.07) is 0.587. The number of aromatic nitrogens is 2. The third-order valence-electron chi connectivity index (χ3n) is 2.68. The number of hydrogen-bond acceptors (Lipinski definition) is 2. The van der Waals surface area contributed by atoms with Gasteiger partial charge in [0, 0.05) is 11.1 Å². The molecule has 0 aromatic carbocycles. The second-order valence-corrected chi connectivity index (χ2v) is 6.06. The lowest BCUT2D eigenvalue weighted by molar-refractivity contribution is -0.287. The van der Waals surface area contributed by atoms with Gasteiger partial charge in [-0.25, -0.2) is 9.97 Å². The summed E-state index contributed by atoms with van der Waals surface area (Å²) in [5, 5.41) is -5.42. The zero-order chi connectivity index (χ0) is 16.9. The van der Waals surface area contributed by atoms with Gasteiger partial charge in [-0.05, 0) is 24.6 Å². The van der Waals surface area contributed by atoms with E-state index in [2.05, 4.69) is 21.6 Å². The van der Waals surface area contributed by atoms with Gasteiger partial charge in [0.1, 0.15) is 11.5 Å². The van der Waals surface area contributed by atoms with Crippen molar-refractivity contribution >= 4 is 11.6 Å². The highest BCUT2D eigenvalue weighted by Gasteiger charge is 2.72. The fourth-order valence-electron chi connectivity index (χ4n) is 1.45. The molecule has 21 heavy (non-hydrogen) atoms. The van der Waals surface area contributed by atoms with Crippen molar-refractivity contribution in [2.75, 3.05) is 0 Å². The first kappa shape index (κ1) is 18.0. The second kappa shape index (κ2) is 5.00. The number of hydrogen-bond donors (Lipinski definition) is 0. The molecule has 1 rings (SSSR count). The van der Waals surface area contributed by atoms with Crippen molar-refractivity contribution in [2.24, 2.45) is 0 Å². The lowest BCUT2D eigenvalue weighted by Crippen LogP contribution is -2.50. The van der Waals surface area contributed by atoms with Crippen LogP contribution in [0.4, 0.5) is 26.3 Å². The Kier molecular flexibility index (Phi) is 4.28. The van der Waals surface area contributed by atoms with Crippen LogP contribution in [0.5, 0.6) is 0 Å². The Hall–Kier alpha value is -1.05. The van der Waals surface area contributed by atoms with Crippen LogP contribution < -0.4 is 0 Å². The van der Waals surface area contributed by atoms with Crippen LogP contribution in [0.25, 0.3) is 0 Å². The molecule has 1 aromatic heterocycles. The molecule has 0 spiro atoms. The minimum absolute atomic E-state index is 0.0263. The molecule has 1 heterocycles. The SMILES string of the molecule is Cc1nc(C(C)(C)C)cc(C(F)(F)C(F)(F)C(F)(F)Cl)n1. The van der Waals surface area contributed by atoms with Gasteiger partial charge < -0.3 is 0 Å². The number of alkyl halides is 7. The molecular weight excluding hydrogens is 322 g/mol. The van der Waals surface area contributed by atoms with E-state index < -0.39 is 28.3 Å². The molecule has 120 valence electrons. The summed E-state index contributed by atoms with van der Waals surface area (Å²) in [6.45, 7) is 6.01. The van der Waals surface area contributed by atoms with Crippen LogP contribution in [0.15, 0.2) is 6.07 Å². The normalized spacial score (nSPS) is 14.4. The summed E-state index contributed by atoms with van der Waals surface area (Å²) >= 11 is 4.12. The Morgan fingerprint density at radius 3 is 1.71 bits per heavy atom. The summed E-state index contributed by atoms with van der Waals surface area (Å²) in [5.74, 6) is -11.3. The first-order valence-electron chi connectivity index (χ1n) is 5.79. The number of nitrogens with zero attached hydrogens (tertiary/aromatic N) is 2. The van der Waals surface area contributed by atoms with E-state index in [1.807, 2.05) is 0 Å². The fourth-order valence-corrected chi connectivity index (χ4v) is 1.57. The van der Waals surface area contributed by atoms with Crippen molar-refractivity contribution in [3.63, 3.8) is 0 Å². The molecule has 0 radical (unpaired) electrons. The van der Waals surface area contributed by atoms with Gasteiger partial charge in [0.05, 0.1) is 0 Å². The first-order chi connectivity index (χ1) is 9.10. The number of halogens is 7. The molecule has 0 atom stereocenters. The lowest BCUT2D eigenvalue weighted by Gasteiger charge is -2.29. The van der Waals surface area contributed by atoms with Gasteiger partial charge in [-0.3, -0.25) is 0 Å². The van der Waals surface area contributed by atoms with Gasteiger partial charge in [-0.15, -0.1) is 0 Å². The minimum Gasteiger partial charge on any atom is -0.238 e. The monoisotopic (exact) mass is 334 g/mol. The maximum Gasteiger partial charge on any atom is 0.392 e. The molecule has 2 nitrogen and oxygen atoms in total. The van der Waals surface area contributed by atoms with E-state index in [1.165, 1.54) is 6.92 Å². The lowest BCUT2D eigenvalue weighted by atomic mass is 9.90. The predicted molar refractivity (Wildman–Crippen MR) is 65.1 cm³/mol. The smallest absolute Gasteiger partial charge is 0.238 e. The second-order valence-electron chi connectivity index (χ2n) is 5.58. The van der Waals surface area contributed by atoms with Gasteiger partial charge in [-0.1, -0.05) is 20.8 Å². The van der Waals surface area contributed by atoms with Gasteiger partial charge in [-0.2, -0.15) is 26.3 Å². The van der Waals surface area contributed by atoms with Crippen molar-refractivity contribution in [3.05, 3.63) is 23.3 Å². The predicted octanol–water partition coefficient (Wildman–Crippen LogP) is 4.64. The molecule has 1 aromatic rings. The van der Waals surface area contributed by atoms with E-state index in [4.69, 9.17) is 0 Å². The molecule has 0 aliphatic carbocycles. The third-order valence-corrected chi connectivity index (χ3v) is 2.92. The summed E-state index contributed by atoms with van der Waals surface area (Å²) in [7, 11) is 0. The van der Waals surface area contributed by atoms with E-state index in [9.17, 15) is 26.3 Å². The van der Waals surface area contributed by atoms with Gasteiger partial charge in [0.2, 0.25) is 0 Å². The van der Waals surface area contributed by atoms with Crippen molar-refractivity contribution in [2.45, 2.75) is 50.3 Å². The minimum atomic E-state index is -5.79. The molecule has 0 unspecified atom stereocenters. The Morgan fingerprint density at radius 1 is 0.905 bits per heavy atom. The molecule has 0 N–H and O–H groups in total. The van der Waals surface area contributed by atoms with E-state index in [0.29, 0.717) is 6.07 Å². The maximum atomic E-state index is 13.8. The zero-order valence-electron chi connectivity index (χ0n) is 11.6. The summed E-state index contributed by atoms with van der Waals surface area (Å²) in [5.41, 5.74) is -2.22. The van der Waals surface area contributed by atoms with Crippen LogP contribution in [0, 0.1) is 6.92 Å². The van der Waals surface area contributed by atoms with Gasteiger partial charge in [0.15, 0.2) is 0 Å². The van der Waals surface area contributed by atoms with Gasteiger partial charge >= 0.3 is 17.2 Å². The third kappa shape index (κ3) is 3.25. The average Bonchev–Trinajstić information content (AvgIpc) is 2.25. The fraction of sp³-hybridized carbons (Fsp3) is 0.667. The summed E-state index contributed by atoms with van der Waals surface area (Å²) < 4.78 is 79.3. The van der Waals surface area contributed by atoms with E-state index in [-0.39, 0.29) is 11.5 Å². The molecule has 0 bridgehead atoms. The number of rotatable bonds is 3. The zero-order valence-corrected chi connectivity index (χ0v) is 12.4. The highest BCUT2D eigenvalue weighted by Crippen LogP contribution is 2.52. The molecule has 0 amide bonds. The van der Waals surface area contributed by atoms with Gasteiger partial charge in [0.25, 0.3) is 0 Å². The average molecular weight is 335 g/mol. The molecular formula is C12H13ClF6N2. The number of aryl methyl sites for hydroxylation is 1. The molecule has 0 fully saturated rings. The van der Waals surface area contributed by atoms with E-state index >= 15 is 0 Å². The molecule has 0 saturated heterocycles.